The fraction of sp³-hybridized carbons (Fsp3) is 0.375. The summed E-state index contributed by atoms with van der Waals surface area (Å²) in [5.41, 5.74) is 3.90. The number of carbonyl (C=O) groups is 1. The topological polar surface area (TPSA) is 109 Å². The smallest absolute Gasteiger partial charge is 0.396 e. The molecule has 94 valence electrons. The van der Waals surface area contributed by atoms with Crippen molar-refractivity contribution in [3.05, 3.63) is 21.7 Å². The van der Waals surface area contributed by atoms with Crippen LogP contribution < -0.4 is 11.3 Å². The molecule has 0 amide bonds. The van der Waals surface area contributed by atoms with Crippen LogP contribution in [0, 0.1) is 0 Å². The van der Waals surface area contributed by atoms with Gasteiger partial charge >= 0.3 is 12.1 Å². The van der Waals surface area contributed by atoms with Gasteiger partial charge in [-0.25, -0.2) is 4.98 Å². The predicted octanol–water partition coefficient (Wildman–Crippen LogP) is 0.0840. The Morgan fingerprint density at radius 2 is 2.06 bits per heavy atom. The van der Waals surface area contributed by atoms with Gasteiger partial charge < -0.3 is 15.8 Å². The van der Waals surface area contributed by atoms with Gasteiger partial charge in [0.15, 0.2) is 0 Å². The number of nitrogens with zero attached hydrogens (tertiary/aromatic N) is 1. The number of alkyl halides is 3. The Balaban J connectivity index is 3.10. The lowest BCUT2D eigenvalue weighted by atomic mass is 10.2. The van der Waals surface area contributed by atoms with E-state index in [1.807, 2.05) is 4.98 Å². The largest absolute Gasteiger partial charge is 0.481 e. The molecule has 0 saturated carbocycles. The van der Waals surface area contributed by atoms with Gasteiger partial charge in [0, 0.05) is 0 Å². The van der Waals surface area contributed by atoms with E-state index in [0.29, 0.717) is 0 Å². The van der Waals surface area contributed by atoms with Crippen LogP contribution in [-0.4, -0.2) is 27.2 Å². The highest BCUT2D eigenvalue weighted by atomic mass is 19.4. The number of rotatable bonds is 3. The lowest BCUT2D eigenvalue weighted by Gasteiger charge is -2.07. The lowest BCUT2D eigenvalue weighted by molar-refractivity contribution is -0.136. The lowest BCUT2D eigenvalue weighted by Crippen LogP contribution is -2.24. The van der Waals surface area contributed by atoms with Gasteiger partial charge in [-0.2, -0.15) is 13.2 Å². The van der Waals surface area contributed by atoms with Gasteiger partial charge in [0.2, 0.25) is 0 Å². The van der Waals surface area contributed by atoms with Gasteiger partial charge in [0.05, 0.1) is 12.0 Å². The summed E-state index contributed by atoms with van der Waals surface area (Å²) in [5, 5.41) is 8.46. The van der Waals surface area contributed by atoms with Crippen molar-refractivity contribution in [2.45, 2.75) is 19.0 Å². The molecule has 1 aromatic rings. The van der Waals surface area contributed by atoms with Crippen molar-refractivity contribution < 1.29 is 23.1 Å². The van der Waals surface area contributed by atoms with Crippen LogP contribution in [-0.2, 0) is 17.6 Å². The monoisotopic (exact) mass is 251 g/mol. The highest BCUT2D eigenvalue weighted by Crippen LogP contribution is 2.19. The van der Waals surface area contributed by atoms with Crippen LogP contribution in [0.25, 0.3) is 0 Å². The highest BCUT2D eigenvalue weighted by Gasteiger charge is 2.29. The van der Waals surface area contributed by atoms with Crippen molar-refractivity contribution in [1.29, 1.82) is 0 Å². The van der Waals surface area contributed by atoms with Crippen molar-refractivity contribution in [2.75, 3.05) is 5.73 Å². The standard InChI is InChI=1S/C8H8F3N3O3/c9-8(10,11)2-4-13-6(12)3(1-5(15)16)7(17)14-4/h1-2H2,(H,15,16)(H3,12,13,14,17). The van der Waals surface area contributed by atoms with Gasteiger partial charge in [-0.05, 0) is 0 Å². The number of nitrogens with two attached hydrogens (primary N) is 1. The first-order chi connectivity index (χ1) is 7.69. The molecule has 1 rings (SSSR count). The Bertz CT molecular complexity index is 495. The van der Waals surface area contributed by atoms with E-state index in [1.165, 1.54) is 0 Å². The second kappa shape index (κ2) is 4.44. The average molecular weight is 251 g/mol. The number of hydrogen-bond donors (Lipinski definition) is 3. The Morgan fingerprint density at radius 3 is 2.47 bits per heavy atom. The van der Waals surface area contributed by atoms with Gasteiger partial charge in [0.25, 0.3) is 5.56 Å². The maximum atomic E-state index is 12.0. The summed E-state index contributed by atoms with van der Waals surface area (Å²) < 4.78 is 36.1. The fourth-order valence-corrected chi connectivity index (χ4v) is 1.16. The van der Waals surface area contributed by atoms with Gasteiger partial charge in [-0.3, -0.25) is 9.59 Å². The summed E-state index contributed by atoms with van der Waals surface area (Å²) in [6, 6.07) is 0. The molecule has 1 aromatic heterocycles. The van der Waals surface area contributed by atoms with Crippen LogP contribution in [0.4, 0.5) is 19.0 Å². The Labute approximate surface area is 92.3 Å². The first-order valence-corrected chi connectivity index (χ1v) is 4.35. The number of aromatic amines is 1. The molecule has 0 aliphatic rings. The number of nitrogen functional groups attached to an aromatic ring is 1. The zero-order valence-electron chi connectivity index (χ0n) is 8.34. The minimum atomic E-state index is -4.53. The number of nitrogens with one attached hydrogen (secondary N) is 1. The van der Waals surface area contributed by atoms with Crippen molar-refractivity contribution in [1.82, 2.24) is 9.97 Å². The number of hydrogen-bond acceptors (Lipinski definition) is 4. The molecule has 0 aromatic carbocycles. The molecule has 0 radical (unpaired) electrons. The van der Waals surface area contributed by atoms with Gasteiger partial charge in [-0.1, -0.05) is 0 Å². The Morgan fingerprint density at radius 1 is 1.47 bits per heavy atom. The first kappa shape index (κ1) is 13.0. The number of carboxylic acids is 1. The van der Waals surface area contributed by atoms with E-state index in [0.717, 1.165) is 0 Å². The van der Waals surface area contributed by atoms with Crippen LogP contribution in [0.1, 0.15) is 11.4 Å². The number of carboxylic acid groups (broad SMARTS) is 1. The van der Waals surface area contributed by atoms with Gasteiger partial charge in [-0.15, -0.1) is 0 Å². The maximum Gasteiger partial charge on any atom is 0.396 e. The summed E-state index contributed by atoms with van der Waals surface area (Å²) in [4.78, 5) is 26.8. The van der Waals surface area contributed by atoms with Crippen LogP contribution in [0.2, 0.25) is 0 Å². The third-order valence-corrected chi connectivity index (χ3v) is 1.79. The SMILES string of the molecule is Nc1nc(CC(F)(F)F)[nH]c(=O)c1CC(=O)O. The molecule has 0 atom stereocenters. The quantitative estimate of drug-likeness (QED) is 0.705. The number of aliphatic carboxylic acids is 1. The third kappa shape index (κ3) is 3.78. The Kier molecular flexibility index (Phi) is 3.39. The van der Waals surface area contributed by atoms with Crippen LogP contribution in [0.3, 0.4) is 0 Å². The fourth-order valence-electron chi connectivity index (χ4n) is 1.16. The molecule has 9 heteroatoms. The number of anilines is 1. The predicted molar refractivity (Wildman–Crippen MR) is 50.4 cm³/mol. The summed E-state index contributed by atoms with van der Waals surface area (Å²) in [6.45, 7) is 0. The van der Waals surface area contributed by atoms with E-state index in [4.69, 9.17) is 10.8 Å². The summed E-state index contributed by atoms with van der Waals surface area (Å²) in [6.07, 6.45) is -6.66. The molecule has 17 heavy (non-hydrogen) atoms. The van der Waals surface area contributed by atoms with E-state index in [1.54, 1.807) is 0 Å². The van der Waals surface area contributed by atoms with Crippen molar-refractivity contribution in [3.8, 4) is 0 Å². The Hall–Kier alpha value is -2.06. The number of aromatic nitrogens is 2. The highest BCUT2D eigenvalue weighted by molar-refractivity contribution is 5.71. The van der Waals surface area contributed by atoms with E-state index < -0.39 is 42.2 Å². The van der Waals surface area contributed by atoms with Crippen LogP contribution >= 0.6 is 0 Å². The summed E-state index contributed by atoms with van der Waals surface area (Å²) >= 11 is 0. The van der Waals surface area contributed by atoms with E-state index in [9.17, 15) is 22.8 Å². The second-order valence-electron chi connectivity index (χ2n) is 3.24. The van der Waals surface area contributed by atoms with Crippen molar-refractivity contribution >= 4 is 11.8 Å². The number of H-pyrrole nitrogens is 1. The molecular weight excluding hydrogens is 243 g/mol. The van der Waals surface area contributed by atoms with E-state index >= 15 is 0 Å². The minimum Gasteiger partial charge on any atom is -0.481 e. The molecule has 0 saturated heterocycles. The molecule has 0 fully saturated rings. The first-order valence-electron chi connectivity index (χ1n) is 4.35. The molecule has 0 spiro atoms. The molecular formula is C8H8F3N3O3. The maximum absolute atomic E-state index is 12.0. The van der Waals surface area contributed by atoms with Crippen LogP contribution in [0.5, 0.6) is 0 Å². The molecule has 0 aliphatic carbocycles. The summed E-state index contributed by atoms with van der Waals surface area (Å²) in [7, 11) is 0. The summed E-state index contributed by atoms with van der Waals surface area (Å²) in [5.74, 6) is -2.47. The number of halogens is 3. The van der Waals surface area contributed by atoms with Gasteiger partial charge in [0.1, 0.15) is 18.1 Å². The van der Waals surface area contributed by atoms with Crippen molar-refractivity contribution in [2.24, 2.45) is 0 Å². The zero-order chi connectivity index (χ0) is 13.2. The molecule has 6 nitrogen and oxygen atoms in total. The molecule has 0 bridgehead atoms. The van der Waals surface area contributed by atoms with E-state index in [-0.39, 0.29) is 5.56 Å². The normalized spacial score (nSPS) is 11.5. The van der Waals surface area contributed by atoms with Crippen LogP contribution in [0.15, 0.2) is 4.79 Å². The second-order valence-corrected chi connectivity index (χ2v) is 3.24. The molecule has 4 N–H and O–H groups in total. The molecule has 0 unspecified atom stereocenters. The molecule has 1 heterocycles. The third-order valence-electron chi connectivity index (χ3n) is 1.79. The zero-order valence-corrected chi connectivity index (χ0v) is 8.34. The van der Waals surface area contributed by atoms with Crippen molar-refractivity contribution in [3.63, 3.8) is 0 Å². The molecule has 0 aliphatic heterocycles. The average Bonchev–Trinajstić information content (AvgIpc) is 2.08. The minimum absolute atomic E-state index is 0.358. The van der Waals surface area contributed by atoms with E-state index in [2.05, 4.69) is 4.98 Å².